The largest absolute Gasteiger partial charge is 0.360 e. The Morgan fingerprint density at radius 1 is 1.24 bits per heavy atom. The molecular formula is C20H22F2N2O. The van der Waals surface area contributed by atoms with E-state index in [0.29, 0.717) is 30.8 Å². The molecule has 1 aliphatic rings. The number of anilines is 1. The molecule has 3 nitrogen and oxygen atoms in total. The summed E-state index contributed by atoms with van der Waals surface area (Å²) in [5.41, 5.74) is 2.15. The van der Waals surface area contributed by atoms with Crippen LogP contribution in [0.1, 0.15) is 30.4 Å². The van der Waals surface area contributed by atoms with Crippen LogP contribution in [0.2, 0.25) is 0 Å². The molecule has 0 radical (unpaired) electrons. The lowest BCUT2D eigenvalue weighted by molar-refractivity contribution is -0.119. The third kappa shape index (κ3) is 4.16. The maximum atomic E-state index is 14.2. The SMILES string of the molecule is CC(CNC(=O)CN1CCCc2cc(F)cc(F)c21)c1ccccc1. The Morgan fingerprint density at radius 2 is 2.00 bits per heavy atom. The molecule has 0 saturated carbocycles. The molecule has 5 heteroatoms. The molecule has 1 amide bonds. The number of halogens is 2. The summed E-state index contributed by atoms with van der Waals surface area (Å²) in [4.78, 5) is 14.0. The monoisotopic (exact) mass is 344 g/mol. The number of rotatable bonds is 5. The molecule has 1 unspecified atom stereocenters. The molecule has 1 heterocycles. The fraction of sp³-hybridized carbons (Fsp3) is 0.350. The second-order valence-corrected chi connectivity index (χ2v) is 6.54. The van der Waals surface area contributed by atoms with Gasteiger partial charge in [-0.15, -0.1) is 0 Å². The first kappa shape index (κ1) is 17.4. The Kier molecular flexibility index (Phi) is 5.31. The van der Waals surface area contributed by atoms with Crippen molar-refractivity contribution in [1.29, 1.82) is 0 Å². The lowest BCUT2D eigenvalue weighted by Crippen LogP contribution is -2.41. The third-order valence-corrected chi connectivity index (χ3v) is 4.61. The van der Waals surface area contributed by atoms with Crippen LogP contribution in [0.25, 0.3) is 0 Å². The average Bonchev–Trinajstić information content (AvgIpc) is 2.60. The molecule has 1 atom stereocenters. The minimum Gasteiger partial charge on any atom is -0.360 e. The van der Waals surface area contributed by atoms with Crippen LogP contribution in [0.5, 0.6) is 0 Å². The quantitative estimate of drug-likeness (QED) is 0.898. The van der Waals surface area contributed by atoms with Crippen LogP contribution in [0.4, 0.5) is 14.5 Å². The first-order chi connectivity index (χ1) is 12.0. The number of carbonyl (C=O) groups excluding carboxylic acids is 1. The molecule has 2 aromatic carbocycles. The molecule has 0 saturated heterocycles. The van der Waals surface area contributed by atoms with Gasteiger partial charge in [-0.05, 0) is 36.0 Å². The maximum Gasteiger partial charge on any atom is 0.239 e. The highest BCUT2D eigenvalue weighted by Crippen LogP contribution is 2.30. The van der Waals surface area contributed by atoms with Gasteiger partial charge < -0.3 is 10.2 Å². The number of amides is 1. The predicted octanol–water partition coefficient (Wildman–Crippen LogP) is 3.64. The Balaban J connectivity index is 1.61. The number of benzene rings is 2. The maximum absolute atomic E-state index is 14.2. The van der Waals surface area contributed by atoms with E-state index in [0.717, 1.165) is 18.1 Å². The van der Waals surface area contributed by atoms with Crippen LogP contribution in [0, 0.1) is 11.6 Å². The van der Waals surface area contributed by atoms with E-state index in [1.54, 1.807) is 4.90 Å². The second kappa shape index (κ2) is 7.64. The number of nitrogens with one attached hydrogen (secondary N) is 1. The normalized spacial score (nSPS) is 14.8. The van der Waals surface area contributed by atoms with Crippen molar-refractivity contribution < 1.29 is 13.6 Å². The lowest BCUT2D eigenvalue weighted by Gasteiger charge is -2.31. The van der Waals surface area contributed by atoms with Crippen molar-refractivity contribution in [2.45, 2.75) is 25.7 Å². The summed E-state index contributed by atoms with van der Waals surface area (Å²) < 4.78 is 27.5. The van der Waals surface area contributed by atoms with E-state index in [4.69, 9.17) is 0 Å². The van der Waals surface area contributed by atoms with Crippen LogP contribution in [0.15, 0.2) is 42.5 Å². The van der Waals surface area contributed by atoms with E-state index in [2.05, 4.69) is 5.32 Å². The van der Waals surface area contributed by atoms with Crippen molar-refractivity contribution in [1.82, 2.24) is 5.32 Å². The molecule has 0 fully saturated rings. The summed E-state index contributed by atoms with van der Waals surface area (Å²) in [6.07, 6.45) is 1.41. The average molecular weight is 344 g/mol. The summed E-state index contributed by atoms with van der Waals surface area (Å²) in [5.74, 6) is -1.12. The minimum atomic E-state index is -0.597. The molecule has 0 spiro atoms. The van der Waals surface area contributed by atoms with Crippen molar-refractivity contribution in [3.8, 4) is 0 Å². The predicted molar refractivity (Wildman–Crippen MR) is 94.8 cm³/mol. The smallest absolute Gasteiger partial charge is 0.239 e. The van der Waals surface area contributed by atoms with Crippen molar-refractivity contribution in [3.05, 3.63) is 65.2 Å². The Hall–Kier alpha value is -2.43. The molecule has 3 rings (SSSR count). The highest BCUT2D eigenvalue weighted by molar-refractivity contribution is 5.82. The summed E-state index contributed by atoms with van der Waals surface area (Å²) in [6, 6.07) is 12.2. The molecule has 0 bridgehead atoms. The molecule has 1 N–H and O–H groups in total. The number of nitrogens with zero attached hydrogens (tertiary/aromatic N) is 1. The highest BCUT2D eigenvalue weighted by atomic mass is 19.1. The van der Waals surface area contributed by atoms with Crippen molar-refractivity contribution >= 4 is 11.6 Å². The van der Waals surface area contributed by atoms with E-state index in [1.165, 1.54) is 6.07 Å². The highest BCUT2D eigenvalue weighted by Gasteiger charge is 2.23. The van der Waals surface area contributed by atoms with Crippen LogP contribution >= 0.6 is 0 Å². The minimum absolute atomic E-state index is 0.0804. The van der Waals surface area contributed by atoms with Gasteiger partial charge in [0.1, 0.15) is 11.6 Å². The molecule has 132 valence electrons. The van der Waals surface area contributed by atoms with Gasteiger partial charge in [0.25, 0.3) is 0 Å². The Bertz CT molecular complexity index is 749. The number of carbonyl (C=O) groups is 1. The Morgan fingerprint density at radius 3 is 2.76 bits per heavy atom. The first-order valence-corrected chi connectivity index (χ1v) is 8.59. The number of aryl methyl sites for hydroxylation is 1. The summed E-state index contributed by atoms with van der Waals surface area (Å²) in [6.45, 7) is 3.25. The standard InChI is InChI=1S/C20H22F2N2O/c1-14(15-6-3-2-4-7-15)12-23-19(25)13-24-9-5-8-16-10-17(21)11-18(22)20(16)24/h2-4,6-7,10-11,14H,5,8-9,12-13H2,1H3,(H,23,25). The number of hydrogen-bond donors (Lipinski definition) is 1. The van der Waals surface area contributed by atoms with Gasteiger partial charge in [-0.2, -0.15) is 0 Å². The zero-order valence-electron chi connectivity index (χ0n) is 14.3. The van der Waals surface area contributed by atoms with Gasteiger partial charge in [0, 0.05) is 19.2 Å². The van der Waals surface area contributed by atoms with E-state index < -0.39 is 11.6 Å². The molecule has 2 aromatic rings. The van der Waals surface area contributed by atoms with Crippen molar-refractivity contribution in [2.24, 2.45) is 0 Å². The Labute approximate surface area is 146 Å². The molecule has 0 aromatic heterocycles. The van der Waals surface area contributed by atoms with Crippen molar-refractivity contribution in [3.63, 3.8) is 0 Å². The van der Waals surface area contributed by atoms with E-state index >= 15 is 0 Å². The van der Waals surface area contributed by atoms with Crippen LogP contribution in [-0.4, -0.2) is 25.5 Å². The fourth-order valence-electron chi connectivity index (χ4n) is 3.29. The molecule has 25 heavy (non-hydrogen) atoms. The van der Waals surface area contributed by atoms with E-state index in [-0.39, 0.29) is 18.4 Å². The van der Waals surface area contributed by atoms with Gasteiger partial charge in [0.15, 0.2) is 0 Å². The van der Waals surface area contributed by atoms with E-state index in [1.807, 2.05) is 37.3 Å². The van der Waals surface area contributed by atoms with Gasteiger partial charge in [-0.1, -0.05) is 37.3 Å². The van der Waals surface area contributed by atoms with Crippen LogP contribution < -0.4 is 10.2 Å². The topological polar surface area (TPSA) is 32.3 Å². The van der Waals surface area contributed by atoms with Gasteiger partial charge in [-0.3, -0.25) is 4.79 Å². The van der Waals surface area contributed by atoms with Gasteiger partial charge in [0.05, 0.1) is 12.2 Å². The van der Waals surface area contributed by atoms with Crippen LogP contribution in [-0.2, 0) is 11.2 Å². The van der Waals surface area contributed by atoms with Gasteiger partial charge >= 0.3 is 0 Å². The summed E-state index contributed by atoms with van der Waals surface area (Å²) in [7, 11) is 0. The van der Waals surface area contributed by atoms with Crippen LogP contribution in [0.3, 0.4) is 0 Å². The zero-order chi connectivity index (χ0) is 17.8. The summed E-state index contributed by atoms with van der Waals surface area (Å²) >= 11 is 0. The lowest BCUT2D eigenvalue weighted by atomic mass is 10.0. The molecule has 1 aliphatic heterocycles. The zero-order valence-corrected chi connectivity index (χ0v) is 14.3. The van der Waals surface area contributed by atoms with Gasteiger partial charge in [0.2, 0.25) is 5.91 Å². The first-order valence-electron chi connectivity index (χ1n) is 8.59. The third-order valence-electron chi connectivity index (χ3n) is 4.61. The number of fused-ring (bicyclic) bond motifs is 1. The molecular weight excluding hydrogens is 322 g/mol. The second-order valence-electron chi connectivity index (χ2n) is 6.54. The van der Waals surface area contributed by atoms with Crippen molar-refractivity contribution in [2.75, 3.05) is 24.5 Å². The van der Waals surface area contributed by atoms with Gasteiger partial charge in [-0.25, -0.2) is 8.78 Å². The number of hydrogen-bond acceptors (Lipinski definition) is 2. The fourth-order valence-corrected chi connectivity index (χ4v) is 3.29. The molecule has 0 aliphatic carbocycles. The van der Waals surface area contributed by atoms with E-state index in [9.17, 15) is 13.6 Å². The summed E-state index contributed by atoms with van der Waals surface area (Å²) in [5, 5.41) is 2.91.